The molecule has 1 aliphatic rings. The van der Waals surface area contributed by atoms with Crippen LogP contribution >= 0.6 is 0 Å². The van der Waals surface area contributed by atoms with E-state index in [9.17, 15) is 0 Å². The van der Waals surface area contributed by atoms with Gasteiger partial charge in [-0.25, -0.2) is 15.0 Å². The molecule has 3 aromatic heterocycles. The summed E-state index contributed by atoms with van der Waals surface area (Å²) in [5.74, 6) is 2.74. The molecule has 1 aliphatic heterocycles. The maximum atomic E-state index is 5.98. The molecule has 0 amide bonds. The number of aryl methyl sites for hydroxylation is 1. The molecule has 0 spiro atoms. The molecule has 0 bridgehead atoms. The highest BCUT2D eigenvalue weighted by Gasteiger charge is 2.23. The lowest BCUT2D eigenvalue weighted by Gasteiger charge is -2.23. The smallest absolute Gasteiger partial charge is 0.198 e. The average molecular weight is 390 g/mol. The Balaban J connectivity index is 1.73. The van der Waals surface area contributed by atoms with Gasteiger partial charge in [-0.15, -0.1) is 0 Å². The summed E-state index contributed by atoms with van der Waals surface area (Å²) in [4.78, 5) is 14.3. The first-order valence-electron chi connectivity index (χ1n) is 9.80. The van der Waals surface area contributed by atoms with Crippen molar-refractivity contribution < 1.29 is 13.9 Å². The first kappa shape index (κ1) is 17.9. The number of hydrogen-bond acceptors (Lipinski definition) is 6. The molecule has 0 saturated carbocycles. The van der Waals surface area contributed by atoms with Crippen LogP contribution in [0.3, 0.4) is 0 Å². The number of imidazole rings is 1. The van der Waals surface area contributed by atoms with Gasteiger partial charge >= 0.3 is 0 Å². The monoisotopic (exact) mass is 390 g/mol. The van der Waals surface area contributed by atoms with E-state index in [1.165, 1.54) is 0 Å². The first-order chi connectivity index (χ1) is 14.2. The highest BCUT2D eigenvalue weighted by Crippen LogP contribution is 2.33. The number of fused-ring (bicyclic) bond motifs is 1. The topological polar surface area (TPSA) is 75.2 Å². The zero-order valence-electron chi connectivity index (χ0n) is 16.5. The minimum absolute atomic E-state index is 0.0620. The molecule has 29 heavy (non-hydrogen) atoms. The van der Waals surface area contributed by atoms with Gasteiger partial charge in [0.05, 0.1) is 13.4 Å². The van der Waals surface area contributed by atoms with E-state index in [0.717, 1.165) is 59.8 Å². The van der Waals surface area contributed by atoms with Crippen LogP contribution in [0.15, 0.2) is 47.1 Å². The van der Waals surface area contributed by atoms with Crippen molar-refractivity contribution in [2.24, 2.45) is 0 Å². The van der Waals surface area contributed by atoms with Gasteiger partial charge in [-0.05, 0) is 50.5 Å². The maximum Gasteiger partial charge on any atom is 0.198 e. The van der Waals surface area contributed by atoms with Crippen molar-refractivity contribution in [3.63, 3.8) is 0 Å². The van der Waals surface area contributed by atoms with Crippen LogP contribution in [-0.2, 0) is 4.74 Å². The minimum atomic E-state index is -0.0620. The van der Waals surface area contributed by atoms with Crippen LogP contribution in [0, 0.1) is 6.92 Å². The van der Waals surface area contributed by atoms with Crippen LogP contribution in [0.2, 0.25) is 0 Å². The van der Waals surface area contributed by atoms with E-state index < -0.39 is 0 Å². The summed E-state index contributed by atoms with van der Waals surface area (Å²) in [6.07, 6.45) is 4.90. The molecule has 1 atom stereocenters. The van der Waals surface area contributed by atoms with Crippen LogP contribution in [0.4, 0.5) is 0 Å². The zero-order chi connectivity index (χ0) is 19.8. The van der Waals surface area contributed by atoms with E-state index in [1.807, 2.05) is 47.9 Å². The molecule has 7 nitrogen and oxygen atoms in total. The summed E-state index contributed by atoms with van der Waals surface area (Å²) in [5, 5.41) is 0. The molecule has 1 aromatic carbocycles. The second-order valence-corrected chi connectivity index (χ2v) is 7.18. The molecular formula is C22H22N4O3. The fourth-order valence-electron chi connectivity index (χ4n) is 3.71. The van der Waals surface area contributed by atoms with E-state index in [0.29, 0.717) is 11.6 Å². The average Bonchev–Trinajstić information content (AvgIpc) is 3.40. The van der Waals surface area contributed by atoms with Gasteiger partial charge in [0.2, 0.25) is 0 Å². The van der Waals surface area contributed by atoms with Crippen LogP contribution in [0.5, 0.6) is 5.75 Å². The van der Waals surface area contributed by atoms with Gasteiger partial charge in [-0.3, -0.25) is 4.57 Å². The molecule has 0 aliphatic carbocycles. The van der Waals surface area contributed by atoms with Crippen LogP contribution in [-0.4, -0.2) is 33.2 Å². The molecule has 0 N–H and O–H groups in total. The molecule has 1 unspecified atom stereocenters. The Morgan fingerprint density at radius 1 is 1.14 bits per heavy atom. The third kappa shape index (κ3) is 3.27. The standard InChI is InChI=1S/C22H22N4O3/c1-14-9-10-17(29-14)21-24-19(15-6-5-7-16(12-15)27-2)20-22(25-21)26(13-23-20)18-8-3-4-11-28-18/h5-7,9-10,12-13,18H,3-4,8,11H2,1-2H3. The van der Waals surface area contributed by atoms with Gasteiger partial charge in [0.1, 0.15) is 28.9 Å². The fourth-order valence-corrected chi connectivity index (χ4v) is 3.71. The molecule has 7 heteroatoms. The van der Waals surface area contributed by atoms with Gasteiger partial charge in [-0.2, -0.15) is 0 Å². The Bertz CT molecular complexity index is 1160. The number of benzene rings is 1. The quantitative estimate of drug-likeness (QED) is 0.500. The highest BCUT2D eigenvalue weighted by atomic mass is 16.5. The fraction of sp³-hybridized carbons (Fsp3) is 0.318. The Hall–Kier alpha value is -3.19. The molecule has 5 rings (SSSR count). The van der Waals surface area contributed by atoms with Crippen molar-refractivity contribution in [3.8, 4) is 28.6 Å². The third-order valence-corrected chi connectivity index (χ3v) is 5.19. The van der Waals surface area contributed by atoms with Crippen LogP contribution < -0.4 is 4.74 Å². The van der Waals surface area contributed by atoms with Crippen LogP contribution in [0.1, 0.15) is 31.3 Å². The van der Waals surface area contributed by atoms with Crippen LogP contribution in [0.25, 0.3) is 34.0 Å². The highest BCUT2D eigenvalue weighted by molar-refractivity contribution is 5.89. The SMILES string of the molecule is COc1cccc(-c2nc(-c3ccc(C)o3)nc3c2ncn3C2CCCCO2)c1. The summed E-state index contributed by atoms with van der Waals surface area (Å²) in [5.41, 5.74) is 3.14. The molecule has 1 saturated heterocycles. The van der Waals surface area contributed by atoms with E-state index >= 15 is 0 Å². The number of ether oxygens (including phenoxy) is 2. The molecule has 148 valence electrons. The minimum Gasteiger partial charge on any atom is -0.497 e. The lowest BCUT2D eigenvalue weighted by atomic mass is 10.1. The summed E-state index contributed by atoms with van der Waals surface area (Å²) in [7, 11) is 1.65. The van der Waals surface area contributed by atoms with Gasteiger partial charge in [0.15, 0.2) is 17.2 Å². The lowest BCUT2D eigenvalue weighted by molar-refractivity contribution is -0.0298. The summed E-state index contributed by atoms with van der Waals surface area (Å²) < 4.78 is 19.2. The van der Waals surface area contributed by atoms with Crippen molar-refractivity contribution in [1.29, 1.82) is 0 Å². The third-order valence-electron chi connectivity index (χ3n) is 5.19. The largest absolute Gasteiger partial charge is 0.497 e. The Labute approximate surface area is 168 Å². The van der Waals surface area contributed by atoms with Crippen molar-refractivity contribution >= 4 is 11.2 Å². The second-order valence-electron chi connectivity index (χ2n) is 7.18. The van der Waals surface area contributed by atoms with E-state index in [1.54, 1.807) is 13.4 Å². The van der Waals surface area contributed by atoms with Gasteiger partial charge in [0.25, 0.3) is 0 Å². The number of furan rings is 1. The van der Waals surface area contributed by atoms with Crippen molar-refractivity contribution in [1.82, 2.24) is 19.5 Å². The van der Waals surface area contributed by atoms with E-state index in [2.05, 4.69) is 4.98 Å². The van der Waals surface area contributed by atoms with Crippen molar-refractivity contribution in [2.75, 3.05) is 13.7 Å². The Morgan fingerprint density at radius 2 is 2.07 bits per heavy atom. The second kappa shape index (κ2) is 7.33. The maximum absolute atomic E-state index is 5.98. The van der Waals surface area contributed by atoms with Gasteiger partial charge < -0.3 is 13.9 Å². The van der Waals surface area contributed by atoms with Gasteiger partial charge in [0, 0.05) is 12.2 Å². The summed E-state index contributed by atoms with van der Waals surface area (Å²) in [6, 6.07) is 11.6. The normalized spacial score (nSPS) is 17.0. The Morgan fingerprint density at radius 3 is 2.83 bits per heavy atom. The molecular weight excluding hydrogens is 368 g/mol. The van der Waals surface area contributed by atoms with Gasteiger partial charge in [-0.1, -0.05) is 12.1 Å². The van der Waals surface area contributed by atoms with Crippen molar-refractivity contribution in [3.05, 3.63) is 48.5 Å². The number of rotatable bonds is 4. The lowest BCUT2D eigenvalue weighted by Crippen LogP contribution is -2.17. The number of nitrogens with zero attached hydrogens (tertiary/aromatic N) is 4. The predicted octanol–water partition coefficient (Wildman–Crippen LogP) is 4.77. The van der Waals surface area contributed by atoms with Crippen molar-refractivity contribution in [2.45, 2.75) is 32.4 Å². The number of methoxy groups -OCH3 is 1. The summed E-state index contributed by atoms with van der Waals surface area (Å²) in [6.45, 7) is 2.66. The zero-order valence-corrected chi connectivity index (χ0v) is 16.5. The number of hydrogen-bond donors (Lipinski definition) is 0. The molecule has 0 radical (unpaired) electrons. The molecule has 4 heterocycles. The molecule has 1 fully saturated rings. The Kier molecular flexibility index (Phi) is 4.52. The predicted molar refractivity (Wildman–Crippen MR) is 109 cm³/mol. The van der Waals surface area contributed by atoms with E-state index in [-0.39, 0.29) is 6.23 Å². The summed E-state index contributed by atoms with van der Waals surface area (Å²) >= 11 is 0. The molecule has 4 aromatic rings. The van der Waals surface area contributed by atoms with E-state index in [4.69, 9.17) is 23.9 Å². The number of aromatic nitrogens is 4. The first-order valence-corrected chi connectivity index (χ1v) is 9.80.